The number of halogens is 1. The average molecular weight is 505 g/mol. The molecule has 0 radical (unpaired) electrons. The first-order valence-corrected chi connectivity index (χ1v) is 10.3. The van der Waals surface area contributed by atoms with Crippen molar-refractivity contribution in [1.82, 2.24) is 9.80 Å². The molecule has 1 fully saturated rings. The molecule has 3 N–H and O–H groups in total. The molecule has 2 aliphatic rings. The summed E-state index contributed by atoms with van der Waals surface area (Å²) in [5.41, 5.74) is 12.6. The van der Waals surface area contributed by atoms with Crippen molar-refractivity contribution in [2.45, 2.75) is 32.4 Å². The summed E-state index contributed by atoms with van der Waals surface area (Å²) >= 11 is 0. The molecule has 1 aliphatic carbocycles. The quantitative estimate of drug-likeness (QED) is 0.371. The maximum Gasteiger partial charge on any atom is 0.193 e. The number of benzene rings is 2. The minimum absolute atomic E-state index is 0. The van der Waals surface area contributed by atoms with Gasteiger partial charge in [-0.05, 0) is 60.7 Å². The zero-order valence-corrected chi connectivity index (χ0v) is 19.6. The third-order valence-electron chi connectivity index (χ3n) is 5.83. The van der Waals surface area contributed by atoms with Crippen LogP contribution in [0.25, 0.3) is 0 Å². The number of likely N-dealkylation sites (N-methyl/N-ethyl adjacent to an activating group) is 1. The highest BCUT2D eigenvalue weighted by Gasteiger charge is 2.13. The fourth-order valence-corrected chi connectivity index (χ4v) is 4.03. The lowest BCUT2D eigenvalue weighted by Crippen LogP contribution is -2.43. The Morgan fingerprint density at radius 2 is 1.66 bits per heavy atom. The van der Waals surface area contributed by atoms with Crippen molar-refractivity contribution >= 4 is 35.6 Å². The second-order valence-corrected chi connectivity index (χ2v) is 8.06. The maximum absolute atomic E-state index is 6.09. The van der Waals surface area contributed by atoms with Crippen LogP contribution in [0.3, 0.4) is 0 Å². The van der Waals surface area contributed by atoms with Gasteiger partial charge in [-0.15, -0.1) is 24.0 Å². The maximum atomic E-state index is 6.09. The van der Waals surface area contributed by atoms with Gasteiger partial charge in [0.1, 0.15) is 0 Å². The van der Waals surface area contributed by atoms with Crippen molar-refractivity contribution in [2.75, 3.05) is 38.5 Å². The first-order valence-electron chi connectivity index (χ1n) is 10.3. The number of aryl methyl sites for hydroxylation is 2. The lowest BCUT2D eigenvalue weighted by Gasteiger charge is -2.32. The molecule has 156 valence electrons. The van der Waals surface area contributed by atoms with E-state index in [1.54, 1.807) is 0 Å². The van der Waals surface area contributed by atoms with Crippen LogP contribution in [0.2, 0.25) is 0 Å². The first-order chi connectivity index (χ1) is 13.7. The molecule has 2 aromatic carbocycles. The van der Waals surface area contributed by atoms with Gasteiger partial charge in [0.15, 0.2) is 5.96 Å². The summed E-state index contributed by atoms with van der Waals surface area (Å²) in [6.07, 6.45) is 3.62. The number of rotatable bonds is 5. The zero-order valence-electron chi connectivity index (χ0n) is 17.2. The Bertz CT molecular complexity index is 826. The van der Waals surface area contributed by atoms with Gasteiger partial charge in [0, 0.05) is 38.4 Å². The summed E-state index contributed by atoms with van der Waals surface area (Å²) < 4.78 is 0. The number of anilines is 1. The molecule has 5 nitrogen and oxygen atoms in total. The Balaban J connectivity index is 0.00000240. The highest BCUT2D eigenvalue weighted by molar-refractivity contribution is 14.0. The fraction of sp³-hybridized carbons (Fsp3) is 0.435. The molecule has 1 aliphatic heterocycles. The highest BCUT2D eigenvalue weighted by Crippen LogP contribution is 2.24. The van der Waals surface area contributed by atoms with E-state index < -0.39 is 0 Å². The van der Waals surface area contributed by atoms with E-state index in [0.717, 1.165) is 38.4 Å². The van der Waals surface area contributed by atoms with Crippen LogP contribution in [-0.2, 0) is 25.9 Å². The molecular weight excluding hydrogens is 473 g/mol. The number of nitrogens with zero attached hydrogens (tertiary/aromatic N) is 3. The van der Waals surface area contributed by atoms with Gasteiger partial charge in [-0.1, -0.05) is 30.3 Å². The number of piperazine rings is 1. The van der Waals surface area contributed by atoms with Gasteiger partial charge in [-0.25, -0.2) is 4.99 Å². The number of fused-ring (bicyclic) bond motifs is 1. The fourth-order valence-electron chi connectivity index (χ4n) is 4.03. The number of nitrogens with one attached hydrogen (secondary N) is 1. The van der Waals surface area contributed by atoms with Crippen LogP contribution < -0.4 is 11.1 Å². The van der Waals surface area contributed by atoms with E-state index in [9.17, 15) is 0 Å². The largest absolute Gasteiger partial charge is 0.370 e. The Kier molecular flexibility index (Phi) is 7.91. The molecule has 0 atom stereocenters. The van der Waals surface area contributed by atoms with Crippen molar-refractivity contribution in [3.63, 3.8) is 0 Å². The van der Waals surface area contributed by atoms with E-state index >= 15 is 0 Å². The zero-order chi connectivity index (χ0) is 19.3. The van der Waals surface area contributed by atoms with Crippen molar-refractivity contribution in [3.05, 3.63) is 64.7 Å². The van der Waals surface area contributed by atoms with Crippen molar-refractivity contribution in [2.24, 2.45) is 10.7 Å². The van der Waals surface area contributed by atoms with Crippen LogP contribution in [0.5, 0.6) is 0 Å². The summed E-state index contributed by atoms with van der Waals surface area (Å²) in [5, 5.41) is 3.23. The summed E-state index contributed by atoms with van der Waals surface area (Å²) in [6.45, 7) is 6.23. The number of aliphatic imine (C=N–C) groups is 1. The third kappa shape index (κ3) is 6.17. The summed E-state index contributed by atoms with van der Waals surface area (Å²) in [5.74, 6) is 0.472. The number of nitrogens with two attached hydrogens (primary N) is 1. The predicted octanol–water partition coefficient (Wildman–Crippen LogP) is 3.47. The third-order valence-corrected chi connectivity index (χ3v) is 5.83. The molecule has 4 rings (SSSR count). The minimum Gasteiger partial charge on any atom is -0.370 e. The normalized spacial score (nSPS) is 17.6. The van der Waals surface area contributed by atoms with Gasteiger partial charge >= 0.3 is 0 Å². The molecule has 2 aromatic rings. The van der Waals surface area contributed by atoms with Gasteiger partial charge < -0.3 is 16.0 Å². The standard InChI is InChI=1S/C23H31N5.HI/c1-27-11-13-28(14-12-27)17-19-7-5-18(6-8-19)16-25-23(24)26-22-10-9-20-3-2-4-21(20)15-22;/h5-10,15H,2-4,11-14,16-17H2,1H3,(H3,24,25,26);1H. The van der Waals surface area contributed by atoms with Crippen molar-refractivity contribution in [3.8, 4) is 0 Å². The van der Waals surface area contributed by atoms with Crippen LogP contribution in [-0.4, -0.2) is 49.0 Å². The lowest BCUT2D eigenvalue weighted by molar-refractivity contribution is 0.148. The van der Waals surface area contributed by atoms with Crippen LogP contribution in [0.15, 0.2) is 47.5 Å². The topological polar surface area (TPSA) is 56.9 Å². The average Bonchev–Trinajstić information content (AvgIpc) is 3.17. The summed E-state index contributed by atoms with van der Waals surface area (Å²) in [6, 6.07) is 15.3. The highest BCUT2D eigenvalue weighted by atomic mass is 127. The van der Waals surface area contributed by atoms with E-state index in [4.69, 9.17) is 5.73 Å². The second-order valence-electron chi connectivity index (χ2n) is 8.06. The van der Waals surface area contributed by atoms with Crippen LogP contribution in [0.1, 0.15) is 28.7 Å². The molecular formula is C23H32IN5. The minimum atomic E-state index is 0. The predicted molar refractivity (Wildman–Crippen MR) is 132 cm³/mol. The van der Waals surface area contributed by atoms with Gasteiger partial charge in [0.05, 0.1) is 6.54 Å². The van der Waals surface area contributed by atoms with Crippen LogP contribution in [0.4, 0.5) is 5.69 Å². The Morgan fingerprint density at radius 3 is 2.41 bits per heavy atom. The van der Waals surface area contributed by atoms with E-state index in [-0.39, 0.29) is 24.0 Å². The van der Waals surface area contributed by atoms with E-state index in [2.05, 4.69) is 69.6 Å². The smallest absolute Gasteiger partial charge is 0.193 e. The SMILES string of the molecule is CN1CCN(Cc2ccc(CN=C(N)Nc3ccc4c(c3)CCC4)cc2)CC1.I. The second kappa shape index (κ2) is 10.4. The Morgan fingerprint density at radius 1 is 0.966 bits per heavy atom. The number of hydrogen-bond acceptors (Lipinski definition) is 3. The number of hydrogen-bond donors (Lipinski definition) is 2. The molecule has 0 spiro atoms. The molecule has 0 unspecified atom stereocenters. The van der Waals surface area contributed by atoms with Crippen LogP contribution in [0, 0.1) is 0 Å². The van der Waals surface area contributed by atoms with Crippen LogP contribution >= 0.6 is 24.0 Å². The molecule has 29 heavy (non-hydrogen) atoms. The van der Waals surface area contributed by atoms with Gasteiger partial charge in [0.25, 0.3) is 0 Å². The monoisotopic (exact) mass is 505 g/mol. The summed E-state index contributed by atoms with van der Waals surface area (Å²) in [4.78, 5) is 9.41. The van der Waals surface area contributed by atoms with E-state index in [0.29, 0.717) is 12.5 Å². The van der Waals surface area contributed by atoms with Crippen molar-refractivity contribution in [1.29, 1.82) is 0 Å². The molecule has 6 heteroatoms. The lowest BCUT2D eigenvalue weighted by atomic mass is 10.1. The van der Waals surface area contributed by atoms with Gasteiger partial charge in [-0.2, -0.15) is 0 Å². The molecule has 0 aromatic heterocycles. The molecule has 0 saturated carbocycles. The van der Waals surface area contributed by atoms with Gasteiger partial charge in [0.2, 0.25) is 0 Å². The first kappa shape index (κ1) is 22.1. The van der Waals surface area contributed by atoms with Crippen molar-refractivity contribution < 1.29 is 0 Å². The Labute approximate surface area is 191 Å². The molecule has 0 amide bonds. The Hall–Kier alpha value is -1.64. The summed E-state index contributed by atoms with van der Waals surface area (Å²) in [7, 11) is 2.19. The van der Waals surface area contributed by atoms with E-state index in [1.807, 2.05) is 0 Å². The molecule has 1 saturated heterocycles. The number of guanidine groups is 1. The molecule has 0 bridgehead atoms. The molecule has 1 heterocycles. The van der Waals surface area contributed by atoms with E-state index in [1.165, 1.54) is 41.5 Å². The van der Waals surface area contributed by atoms with Gasteiger partial charge in [-0.3, -0.25) is 4.90 Å².